The SMILES string of the molecule is COc1ccc(C(=O)N2CCc3ccc(CNC(=O)Nc4cccc(C)c4C)cc32)cc1. The van der Waals surface area contributed by atoms with Gasteiger partial charge in [-0.25, -0.2) is 4.79 Å². The molecular formula is C26H27N3O3. The van der Waals surface area contributed by atoms with Crippen molar-refractivity contribution >= 4 is 23.3 Å². The van der Waals surface area contributed by atoms with Gasteiger partial charge < -0.3 is 20.3 Å². The van der Waals surface area contributed by atoms with E-state index in [-0.39, 0.29) is 11.9 Å². The van der Waals surface area contributed by atoms with Crippen molar-refractivity contribution in [1.82, 2.24) is 5.32 Å². The quantitative estimate of drug-likeness (QED) is 0.610. The normalized spacial score (nSPS) is 12.3. The van der Waals surface area contributed by atoms with Gasteiger partial charge in [-0.3, -0.25) is 4.79 Å². The van der Waals surface area contributed by atoms with E-state index in [9.17, 15) is 9.59 Å². The van der Waals surface area contributed by atoms with E-state index in [0.29, 0.717) is 18.7 Å². The number of aryl methyl sites for hydroxylation is 1. The molecule has 4 rings (SSSR count). The van der Waals surface area contributed by atoms with Crippen LogP contribution in [0.4, 0.5) is 16.2 Å². The fraction of sp³-hybridized carbons (Fsp3) is 0.231. The van der Waals surface area contributed by atoms with Gasteiger partial charge in [-0.1, -0.05) is 24.3 Å². The first-order chi connectivity index (χ1) is 15.5. The van der Waals surface area contributed by atoms with E-state index >= 15 is 0 Å². The molecule has 32 heavy (non-hydrogen) atoms. The average molecular weight is 430 g/mol. The molecule has 0 aliphatic carbocycles. The Morgan fingerprint density at radius 3 is 2.56 bits per heavy atom. The monoisotopic (exact) mass is 429 g/mol. The molecule has 0 atom stereocenters. The van der Waals surface area contributed by atoms with Gasteiger partial charge in [-0.15, -0.1) is 0 Å². The largest absolute Gasteiger partial charge is 0.497 e. The van der Waals surface area contributed by atoms with Crippen molar-refractivity contribution < 1.29 is 14.3 Å². The molecule has 1 heterocycles. The molecule has 3 aromatic rings. The van der Waals surface area contributed by atoms with Gasteiger partial charge in [0.1, 0.15) is 5.75 Å². The highest BCUT2D eigenvalue weighted by atomic mass is 16.5. The van der Waals surface area contributed by atoms with Crippen molar-refractivity contribution in [3.05, 3.63) is 88.5 Å². The second-order valence-corrected chi connectivity index (χ2v) is 7.95. The lowest BCUT2D eigenvalue weighted by molar-refractivity contribution is 0.0989. The Bertz CT molecular complexity index is 1160. The molecule has 0 saturated carbocycles. The lowest BCUT2D eigenvalue weighted by Gasteiger charge is -2.18. The number of rotatable bonds is 5. The van der Waals surface area contributed by atoms with Crippen molar-refractivity contribution in [2.45, 2.75) is 26.8 Å². The summed E-state index contributed by atoms with van der Waals surface area (Å²) in [4.78, 5) is 27.3. The number of nitrogens with zero attached hydrogens (tertiary/aromatic N) is 1. The van der Waals surface area contributed by atoms with E-state index in [4.69, 9.17) is 4.74 Å². The minimum absolute atomic E-state index is 0.0378. The maximum Gasteiger partial charge on any atom is 0.319 e. The van der Waals surface area contributed by atoms with Gasteiger partial charge >= 0.3 is 6.03 Å². The van der Waals surface area contributed by atoms with Crippen LogP contribution in [-0.2, 0) is 13.0 Å². The summed E-state index contributed by atoms with van der Waals surface area (Å²) in [6.07, 6.45) is 0.818. The van der Waals surface area contributed by atoms with Crippen LogP contribution in [0.25, 0.3) is 0 Å². The van der Waals surface area contributed by atoms with Gasteiger partial charge in [0, 0.05) is 30.0 Å². The third kappa shape index (κ3) is 4.44. The Labute approximate surface area is 188 Å². The van der Waals surface area contributed by atoms with Gasteiger partial charge in [-0.2, -0.15) is 0 Å². The first-order valence-corrected chi connectivity index (χ1v) is 10.6. The predicted octanol–water partition coefficient (Wildman–Crippen LogP) is 4.84. The first-order valence-electron chi connectivity index (χ1n) is 10.6. The van der Waals surface area contributed by atoms with Crippen LogP contribution >= 0.6 is 0 Å². The molecule has 2 N–H and O–H groups in total. The Morgan fingerprint density at radius 1 is 1.03 bits per heavy atom. The van der Waals surface area contributed by atoms with E-state index in [1.165, 1.54) is 0 Å². The van der Waals surface area contributed by atoms with E-state index in [0.717, 1.165) is 45.8 Å². The summed E-state index contributed by atoms with van der Waals surface area (Å²) in [6.45, 7) is 5.01. The number of nitrogens with one attached hydrogen (secondary N) is 2. The second-order valence-electron chi connectivity index (χ2n) is 7.95. The van der Waals surface area contributed by atoms with Gasteiger partial charge in [-0.05, 0) is 78.9 Å². The van der Waals surface area contributed by atoms with Crippen LogP contribution in [0, 0.1) is 13.8 Å². The molecule has 1 aliphatic heterocycles. The van der Waals surface area contributed by atoms with E-state index < -0.39 is 0 Å². The number of hydrogen-bond donors (Lipinski definition) is 2. The number of fused-ring (bicyclic) bond motifs is 1. The Balaban J connectivity index is 1.43. The summed E-state index contributed by atoms with van der Waals surface area (Å²) < 4.78 is 5.18. The number of carbonyl (C=O) groups excluding carboxylic acids is 2. The summed E-state index contributed by atoms with van der Waals surface area (Å²) in [5.74, 6) is 0.681. The lowest BCUT2D eigenvalue weighted by Crippen LogP contribution is -2.30. The highest BCUT2D eigenvalue weighted by Crippen LogP contribution is 2.30. The summed E-state index contributed by atoms with van der Waals surface area (Å²) in [6, 6.07) is 18.7. The minimum Gasteiger partial charge on any atom is -0.497 e. The molecule has 0 unspecified atom stereocenters. The smallest absolute Gasteiger partial charge is 0.319 e. The van der Waals surface area contributed by atoms with Crippen LogP contribution in [0.5, 0.6) is 5.75 Å². The van der Waals surface area contributed by atoms with E-state index in [1.54, 1.807) is 36.3 Å². The van der Waals surface area contributed by atoms with Gasteiger partial charge in [0.05, 0.1) is 7.11 Å². The van der Waals surface area contributed by atoms with Crippen molar-refractivity contribution in [3.63, 3.8) is 0 Å². The summed E-state index contributed by atoms with van der Waals surface area (Å²) >= 11 is 0. The number of benzene rings is 3. The Morgan fingerprint density at radius 2 is 1.81 bits per heavy atom. The molecule has 0 radical (unpaired) electrons. The molecule has 6 nitrogen and oxygen atoms in total. The maximum atomic E-state index is 13.1. The topological polar surface area (TPSA) is 70.7 Å². The standard InChI is InChI=1S/C26H27N3O3/c1-17-5-4-6-23(18(17)2)28-26(31)27-16-19-7-8-20-13-14-29(24(20)15-19)25(30)21-9-11-22(32-3)12-10-21/h4-12,15H,13-14,16H2,1-3H3,(H2,27,28,31). The van der Waals surface area contributed by atoms with Crippen LogP contribution in [0.2, 0.25) is 0 Å². The summed E-state index contributed by atoms with van der Waals surface area (Å²) in [5.41, 5.74) is 6.57. The molecule has 164 valence electrons. The molecule has 0 fully saturated rings. The molecule has 0 saturated heterocycles. The van der Waals surface area contributed by atoms with Gasteiger partial charge in [0.15, 0.2) is 0 Å². The Kier molecular flexibility index (Phi) is 6.12. The Hall–Kier alpha value is -3.80. The maximum absolute atomic E-state index is 13.1. The van der Waals surface area contributed by atoms with Crippen LogP contribution in [0.1, 0.15) is 32.6 Å². The molecule has 3 amide bonds. The zero-order chi connectivity index (χ0) is 22.7. The molecule has 1 aliphatic rings. The van der Waals surface area contributed by atoms with Gasteiger partial charge in [0.25, 0.3) is 5.91 Å². The minimum atomic E-state index is -0.259. The third-order valence-corrected chi connectivity index (χ3v) is 5.93. The van der Waals surface area contributed by atoms with Crippen LogP contribution < -0.4 is 20.3 Å². The fourth-order valence-corrected chi connectivity index (χ4v) is 3.87. The average Bonchev–Trinajstić information content (AvgIpc) is 3.23. The van der Waals surface area contributed by atoms with Crippen LogP contribution in [0.15, 0.2) is 60.7 Å². The zero-order valence-electron chi connectivity index (χ0n) is 18.6. The molecule has 0 aromatic heterocycles. The molecule has 0 bridgehead atoms. The van der Waals surface area contributed by atoms with Crippen molar-refractivity contribution in [1.29, 1.82) is 0 Å². The number of urea groups is 1. The highest BCUT2D eigenvalue weighted by molar-refractivity contribution is 6.07. The van der Waals surface area contributed by atoms with Crippen molar-refractivity contribution in [2.75, 3.05) is 23.9 Å². The molecule has 0 spiro atoms. The second kappa shape index (κ2) is 9.14. The highest BCUT2D eigenvalue weighted by Gasteiger charge is 2.26. The summed E-state index contributed by atoms with van der Waals surface area (Å²) in [5, 5.41) is 5.81. The third-order valence-electron chi connectivity index (χ3n) is 5.93. The molecule has 3 aromatic carbocycles. The lowest BCUT2D eigenvalue weighted by atomic mass is 10.1. The number of methoxy groups -OCH3 is 1. The van der Waals surface area contributed by atoms with Crippen molar-refractivity contribution in [2.24, 2.45) is 0 Å². The summed E-state index contributed by atoms with van der Waals surface area (Å²) in [7, 11) is 1.60. The predicted molar refractivity (Wildman–Crippen MR) is 127 cm³/mol. The van der Waals surface area contributed by atoms with Gasteiger partial charge in [0.2, 0.25) is 0 Å². The van der Waals surface area contributed by atoms with E-state index in [1.807, 2.05) is 50.2 Å². The first kappa shape index (κ1) is 21.4. The van der Waals surface area contributed by atoms with Crippen LogP contribution in [-0.4, -0.2) is 25.6 Å². The fourth-order valence-electron chi connectivity index (χ4n) is 3.87. The number of carbonyl (C=O) groups is 2. The van der Waals surface area contributed by atoms with E-state index in [2.05, 4.69) is 10.6 Å². The number of anilines is 2. The van der Waals surface area contributed by atoms with Crippen molar-refractivity contribution in [3.8, 4) is 5.75 Å². The number of hydrogen-bond acceptors (Lipinski definition) is 3. The molecular weight excluding hydrogens is 402 g/mol. The molecule has 6 heteroatoms. The number of amides is 3. The van der Waals surface area contributed by atoms with Crippen LogP contribution in [0.3, 0.4) is 0 Å². The zero-order valence-corrected chi connectivity index (χ0v) is 18.6. The number of ether oxygens (including phenoxy) is 1.